The van der Waals surface area contributed by atoms with Crippen LogP contribution < -0.4 is 0 Å². The zero-order valence-corrected chi connectivity index (χ0v) is 7.32. The molecule has 6 heteroatoms. The molecule has 1 heterocycles. The van der Waals surface area contributed by atoms with E-state index in [4.69, 9.17) is 0 Å². The highest BCUT2D eigenvalue weighted by atomic mass is 35.5. The van der Waals surface area contributed by atoms with Crippen molar-refractivity contribution in [3.05, 3.63) is 12.4 Å². The zero-order chi connectivity index (χ0) is 8.48. The normalized spacial score (nSPS) is 16.7. The Bertz CT molecular complexity index is 169. The van der Waals surface area contributed by atoms with E-state index < -0.39 is 6.30 Å². The molecule has 0 aromatic heterocycles. The van der Waals surface area contributed by atoms with E-state index in [2.05, 4.69) is 0 Å². The Hall–Kier alpha value is -0.580. The van der Waals surface area contributed by atoms with Gasteiger partial charge in [0, 0.05) is 18.9 Å². The summed E-state index contributed by atoms with van der Waals surface area (Å²) in [5.74, 6) is 0. The van der Waals surface area contributed by atoms with Gasteiger partial charge < -0.3 is 4.90 Å². The molecule has 0 saturated carbocycles. The lowest BCUT2D eigenvalue weighted by atomic mass is 10.6. The average molecular weight is 203 g/mol. The summed E-state index contributed by atoms with van der Waals surface area (Å²) in [4.78, 5) is 1.92. The third-order valence-corrected chi connectivity index (χ3v) is 1.52. The van der Waals surface area contributed by atoms with Gasteiger partial charge in [0.25, 0.3) is 0 Å². The van der Waals surface area contributed by atoms with Gasteiger partial charge in [-0.15, -0.1) is 12.4 Å². The molecule has 1 aliphatic heterocycles. The van der Waals surface area contributed by atoms with Crippen LogP contribution in [-0.2, 0) is 0 Å². The second-order valence-electron chi connectivity index (χ2n) is 2.28. The molecule has 0 aliphatic carbocycles. The highest BCUT2D eigenvalue weighted by molar-refractivity contribution is 5.85. The molecule has 0 fully saturated rings. The van der Waals surface area contributed by atoms with E-state index in [0.717, 1.165) is 6.20 Å². The predicted molar refractivity (Wildman–Crippen MR) is 41.5 cm³/mol. The van der Waals surface area contributed by atoms with Crippen LogP contribution in [0, 0.1) is 0 Å². The molecule has 0 unspecified atom stereocenters. The average Bonchev–Trinajstić information content (AvgIpc) is 2.32. The molecule has 0 bridgehead atoms. The van der Waals surface area contributed by atoms with E-state index in [1.807, 2.05) is 6.92 Å². The summed E-state index contributed by atoms with van der Waals surface area (Å²) >= 11 is 0. The minimum atomic E-state index is -4.24. The van der Waals surface area contributed by atoms with Crippen LogP contribution in [0.5, 0.6) is 0 Å². The van der Waals surface area contributed by atoms with Crippen molar-refractivity contribution >= 4 is 12.4 Å². The second-order valence-corrected chi connectivity index (χ2v) is 2.28. The van der Waals surface area contributed by atoms with Crippen molar-refractivity contribution in [3.8, 4) is 0 Å². The maximum atomic E-state index is 11.9. The molecular weight excluding hydrogens is 193 g/mol. The molecule has 0 N–H and O–H groups in total. The van der Waals surface area contributed by atoms with E-state index in [0.29, 0.717) is 11.4 Å². The van der Waals surface area contributed by atoms with Crippen LogP contribution in [0.4, 0.5) is 13.2 Å². The van der Waals surface area contributed by atoms with Crippen molar-refractivity contribution in [2.75, 3.05) is 13.2 Å². The fourth-order valence-electron chi connectivity index (χ4n) is 0.835. The van der Waals surface area contributed by atoms with Crippen LogP contribution in [-0.4, -0.2) is 29.3 Å². The Morgan fingerprint density at radius 3 is 2.17 bits per heavy atom. The number of alkyl halides is 3. The minimum Gasteiger partial charge on any atom is -0.359 e. The van der Waals surface area contributed by atoms with Crippen LogP contribution in [0.1, 0.15) is 6.92 Å². The van der Waals surface area contributed by atoms with Gasteiger partial charge in [-0.2, -0.15) is 13.2 Å². The van der Waals surface area contributed by atoms with Crippen LogP contribution in [0.3, 0.4) is 0 Å². The molecule has 1 aliphatic rings. The summed E-state index contributed by atoms with van der Waals surface area (Å²) in [5, 5.41) is 0. The standard InChI is InChI=1S/C6H9F3N2.ClH/c1-2-10-3-4-11(5-10)6(7,8)9;/h3-4H,2,5H2,1H3;1H. The van der Waals surface area contributed by atoms with Gasteiger partial charge in [-0.3, -0.25) is 4.90 Å². The summed E-state index contributed by atoms with van der Waals surface area (Å²) in [5.41, 5.74) is 0. The van der Waals surface area contributed by atoms with Gasteiger partial charge in [-0.1, -0.05) is 0 Å². The van der Waals surface area contributed by atoms with Crippen molar-refractivity contribution in [3.63, 3.8) is 0 Å². The van der Waals surface area contributed by atoms with Gasteiger partial charge in [0.1, 0.15) is 0 Å². The molecule has 72 valence electrons. The Morgan fingerprint density at radius 1 is 1.33 bits per heavy atom. The maximum absolute atomic E-state index is 11.9. The van der Waals surface area contributed by atoms with Gasteiger partial charge in [-0.05, 0) is 6.92 Å². The number of hydrogen-bond donors (Lipinski definition) is 0. The Morgan fingerprint density at radius 2 is 1.92 bits per heavy atom. The smallest absolute Gasteiger partial charge is 0.359 e. The first-order valence-electron chi connectivity index (χ1n) is 3.30. The lowest BCUT2D eigenvalue weighted by molar-refractivity contribution is -0.230. The molecule has 0 aromatic rings. The Kier molecular flexibility index (Phi) is 3.70. The largest absolute Gasteiger partial charge is 0.485 e. The SMILES string of the molecule is CCN1C=CN(C(F)(F)F)C1.Cl. The van der Waals surface area contributed by atoms with Crippen molar-refractivity contribution in [1.29, 1.82) is 0 Å². The molecule has 0 amide bonds. The van der Waals surface area contributed by atoms with E-state index in [1.54, 1.807) is 4.90 Å². The van der Waals surface area contributed by atoms with E-state index in [1.165, 1.54) is 6.20 Å². The Balaban J connectivity index is 0.00000121. The van der Waals surface area contributed by atoms with E-state index in [-0.39, 0.29) is 19.1 Å². The molecule has 0 atom stereocenters. The second kappa shape index (κ2) is 3.89. The van der Waals surface area contributed by atoms with Gasteiger partial charge in [0.15, 0.2) is 0 Å². The number of rotatable bonds is 1. The number of halogens is 4. The first kappa shape index (κ1) is 11.4. The summed E-state index contributed by atoms with van der Waals surface area (Å²) in [6.45, 7) is 2.33. The third-order valence-electron chi connectivity index (χ3n) is 1.52. The monoisotopic (exact) mass is 202 g/mol. The lowest BCUT2D eigenvalue weighted by Crippen LogP contribution is -2.35. The summed E-state index contributed by atoms with van der Waals surface area (Å²) in [6, 6.07) is 0. The number of nitrogens with zero attached hydrogens (tertiary/aromatic N) is 2. The topological polar surface area (TPSA) is 6.48 Å². The fourth-order valence-corrected chi connectivity index (χ4v) is 0.835. The van der Waals surface area contributed by atoms with Gasteiger partial charge in [-0.25, -0.2) is 0 Å². The maximum Gasteiger partial charge on any atom is 0.485 e. The van der Waals surface area contributed by atoms with Crippen molar-refractivity contribution < 1.29 is 13.2 Å². The molecule has 2 nitrogen and oxygen atoms in total. The molecule has 12 heavy (non-hydrogen) atoms. The summed E-state index contributed by atoms with van der Waals surface area (Å²) < 4.78 is 35.8. The quantitative estimate of drug-likeness (QED) is 0.600. The van der Waals surface area contributed by atoms with Gasteiger partial charge >= 0.3 is 6.30 Å². The van der Waals surface area contributed by atoms with Crippen molar-refractivity contribution in [2.45, 2.75) is 13.2 Å². The van der Waals surface area contributed by atoms with E-state index >= 15 is 0 Å². The van der Waals surface area contributed by atoms with Gasteiger partial charge in [0.2, 0.25) is 0 Å². The highest BCUT2D eigenvalue weighted by Crippen LogP contribution is 2.24. The molecule has 0 spiro atoms. The van der Waals surface area contributed by atoms with E-state index in [9.17, 15) is 13.2 Å². The molecular formula is C6H10ClF3N2. The Labute approximate surface area is 75.0 Å². The van der Waals surface area contributed by atoms with Crippen molar-refractivity contribution in [1.82, 2.24) is 9.80 Å². The van der Waals surface area contributed by atoms with Gasteiger partial charge in [0.05, 0.1) is 6.67 Å². The molecule has 0 aromatic carbocycles. The van der Waals surface area contributed by atoms with Crippen LogP contribution >= 0.6 is 12.4 Å². The molecule has 0 radical (unpaired) electrons. The summed E-state index contributed by atoms with van der Waals surface area (Å²) in [6.07, 6.45) is -1.75. The first-order valence-corrected chi connectivity index (χ1v) is 3.30. The molecule has 1 rings (SSSR count). The first-order chi connectivity index (χ1) is 5.04. The van der Waals surface area contributed by atoms with Crippen LogP contribution in [0.2, 0.25) is 0 Å². The number of hydrogen-bond acceptors (Lipinski definition) is 2. The zero-order valence-electron chi connectivity index (χ0n) is 6.51. The fraction of sp³-hybridized carbons (Fsp3) is 0.667. The van der Waals surface area contributed by atoms with Crippen LogP contribution in [0.15, 0.2) is 12.4 Å². The summed E-state index contributed by atoms with van der Waals surface area (Å²) in [7, 11) is 0. The third kappa shape index (κ3) is 2.48. The molecule has 0 saturated heterocycles. The highest BCUT2D eigenvalue weighted by Gasteiger charge is 2.37. The van der Waals surface area contributed by atoms with Crippen LogP contribution in [0.25, 0.3) is 0 Å². The predicted octanol–water partition coefficient (Wildman–Crippen LogP) is 1.99. The van der Waals surface area contributed by atoms with Crippen molar-refractivity contribution in [2.24, 2.45) is 0 Å². The minimum absolute atomic E-state index is 0. The lowest BCUT2D eigenvalue weighted by Gasteiger charge is -2.21.